The maximum absolute atomic E-state index is 11.2. The molecule has 104 valence electrons. The van der Waals surface area contributed by atoms with Crippen molar-refractivity contribution in [1.29, 1.82) is 0 Å². The summed E-state index contributed by atoms with van der Waals surface area (Å²) in [6.07, 6.45) is 1.34. The molecular formula is C10H15Cl3O4Ti. The molecule has 0 spiro atoms. The number of carbonyl (C=O) groups excluding carboxylic acids is 1. The average molecular weight is 353 g/mol. The van der Waals surface area contributed by atoms with Gasteiger partial charge in [-0.05, 0) is 26.5 Å². The van der Waals surface area contributed by atoms with Gasteiger partial charge in [0.05, 0.1) is 18.5 Å². The molecule has 0 heterocycles. The third kappa shape index (κ3) is 12.6. The van der Waals surface area contributed by atoms with Crippen LogP contribution in [0.3, 0.4) is 0 Å². The Hall–Kier alpha value is 0.174. The zero-order valence-corrected chi connectivity index (χ0v) is 14.4. The zero-order valence-electron chi connectivity index (χ0n) is 10.6. The van der Waals surface area contributed by atoms with Crippen LogP contribution in [0.1, 0.15) is 20.8 Å². The second-order valence-corrected chi connectivity index (χ2v) is 3.22. The van der Waals surface area contributed by atoms with E-state index in [9.17, 15) is 9.90 Å². The summed E-state index contributed by atoms with van der Waals surface area (Å²) in [5, 5.41) is 10.9. The molecule has 0 aliphatic rings. The Morgan fingerprint density at radius 3 is 2.11 bits per heavy atom. The third-order valence-electron chi connectivity index (χ3n) is 1.54. The molecule has 0 bridgehead atoms. The number of esters is 1. The van der Waals surface area contributed by atoms with Crippen LogP contribution in [0.25, 0.3) is 0 Å². The van der Waals surface area contributed by atoms with Crippen molar-refractivity contribution in [3.05, 3.63) is 17.8 Å². The molecule has 0 fully saturated rings. The predicted octanol–water partition coefficient (Wildman–Crippen LogP) is -8.41. The summed E-state index contributed by atoms with van der Waals surface area (Å²) < 4.78 is 9.16. The number of methoxy groups -OCH3 is 1. The van der Waals surface area contributed by atoms with E-state index >= 15 is 0 Å². The van der Waals surface area contributed by atoms with Gasteiger partial charge in [0.2, 0.25) is 0 Å². The van der Waals surface area contributed by atoms with Crippen LogP contribution in [-0.2, 0) is 36.0 Å². The minimum absolute atomic E-state index is 0. The van der Waals surface area contributed by atoms with E-state index in [2.05, 4.69) is 15.2 Å². The van der Waals surface area contributed by atoms with Crippen molar-refractivity contribution in [2.24, 2.45) is 5.41 Å². The molecule has 4 nitrogen and oxygen atoms in total. The molecule has 0 N–H and O–H groups in total. The van der Waals surface area contributed by atoms with E-state index in [-0.39, 0.29) is 58.9 Å². The Kier molecular flexibility index (Phi) is 26.1. The fourth-order valence-electron chi connectivity index (χ4n) is 0.734. The molecular weight excluding hydrogens is 338 g/mol. The standard InChI is InChI=1S/C10H16O4.3ClH.Ti/c1-5-14-8(11)6-7-10(2,3)9(12)13-4;;;;/h7,11H,5H2,1-4H3;3*1H;/q;;;;+4/p-4. The molecule has 0 aromatic heterocycles. The summed E-state index contributed by atoms with van der Waals surface area (Å²) in [5.74, 6) is -1.00. The number of ether oxygens (including phenoxy) is 2. The predicted molar refractivity (Wildman–Crippen MR) is 49.0 cm³/mol. The average Bonchev–Trinajstić information content (AvgIpc) is 2.14. The molecule has 0 saturated heterocycles. The van der Waals surface area contributed by atoms with Gasteiger partial charge in [-0.25, -0.2) is 0 Å². The van der Waals surface area contributed by atoms with Crippen molar-refractivity contribution in [3.63, 3.8) is 0 Å². The van der Waals surface area contributed by atoms with Crippen molar-refractivity contribution in [3.8, 4) is 0 Å². The molecule has 0 saturated carbocycles. The Labute approximate surface area is 141 Å². The molecule has 0 amide bonds. The van der Waals surface area contributed by atoms with E-state index in [1.807, 2.05) is 0 Å². The molecule has 0 radical (unpaired) electrons. The Morgan fingerprint density at radius 1 is 1.33 bits per heavy atom. The number of hydrogen-bond acceptors (Lipinski definition) is 4. The summed E-state index contributed by atoms with van der Waals surface area (Å²) in [7, 11) is 1.29. The van der Waals surface area contributed by atoms with Gasteiger partial charge >= 0.3 is 27.7 Å². The summed E-state index contributed by atoms with van der Waals surface area (Å²) in [6.45, 7) is 5.25. The maximum Gasteiger partial charge on any atom is 4.00 e. The van der Waals surface area contributed by atoms with Crippen LogP contribution < -0.4 is 42.3 Å². The minimum Gasteiger partial charge on any atom is -1.00 e. The van der Waals surface area contributed by atoms with Crippen molar-refractivity contribution >= 4 is 5.97 Å². The third-order valence-corrected chi connectivity index (χ3v) is 1.54. The summed E-state index contributed by atoms with van der Waals surface area (Å²) in [5.41, 5.74) is 1.49. The first kappa shape index (κ1) is 30.9. The first-order valence-corrected chi connectivity index (χ1v) is 4.30. The monoisotopic (exact) mass is 352 g/mol. The number of hydrogen-bond donors (Lipinski definition) is 0. The second-order valence-electron chi connectivity index (χ2n) is 3.22. The Balaban J connectivity index is -0.000000141. The van der Waals surface area contributed by atoms with Gasteiger partial charge in [-0.1, -0.05) is 6.92 Å². The van der Waals surface area contributed by atoms with Crippen LogP contribution in [0.15, 0.2) is 17.8 Å². The Morgan fingerprint density at radius 2 is 1.78 bits per heavy atom. The van der Waals surface area contributed by atoms with Crippen molar-refractivity contribution in [2.45, 2.75) is 20.8 Å². The number of halogens is 3. The first-order chi connectivity index (χ1) is 6.44. The summed E-state index contributed by atoms with van der Waals surface area (Å²) >= 11 is 0. The van der Waals surface area contributed by atoms with Gasteiger partial charge in [-0.15, -0.1) is 5.73 Å². The van der Waals surface area contributed by atoms with Crippen LogP contribution in [0, 0.1) is 5.41 Å². The topological polar surface area (TPSA) is 58.6 Å². The van der Waals surface area contributed by atoms with Gasteiger partial charge in [-0.2, -0.15) is 0 Å². The van der Waals surface area contributed by atoms with Crippen LogP contribution in [0.4, 0.5) is 0 Å². The molecule has 8 heteroatoms. The van der Waals surface area contributed by atoms with Gasteiger partial charge in [0.15, 0.2) is 0 Å². The summed E-state index contributed by atoms with van der Waals surface area (Å²) in [4.78, 5) is 11.2. The molecule has 0 aromatic carbocycles. The van der Waals surface area contributed by atoms with E-state index in [4.69, 9.17) is 0 Å². The molecule has 18 heavy (non-hydrogen) atoms. The van der Waals surface area contributed by atoms with E-state index in [1.54, 1.807) is 20.8 Å². The van der Waals surface area contributed by atoms with Gasteiger partial charge in [0.1, 0.15) is 0 Å². The molecule has 0 aromatic rings. The van der Waals surface area contributed by atoms with Crippen LogP contribution in [0.5, 0.6) is 0 Å². The van der Waals surface area contributed by atoms with Gasteiger partial charge in [-0.3, -0.25) is 4.79 Å². The molecule has 0 rings (SSSR count). The van der Waals surface area contributed by atoms with Crippen LogP contribution in [0.2, 0.25) is 0 Å². The summed E-state index contributed by atoms with van der Waals surface area (Å²) in [6, 6.07) is 0. The van der Waals surface area contributed by atoms with E-state index < -0.39 is 17.3 Å². The zero-order chi connectivity index (χ0) is 11.2. The first-order valence-electron chi connectivity index (χ1n) is 4.30. The van der Waals surface area contributed by atoms with Crippen molar-refractivity contribution < 1.29 is 78.3 Å². The quantitative estimate of drug-likeness (QED) is 0.218. The van der Waals surface area contributed by atoms with E-state index in [0.29, 0.717) is 6.61 Å². The molecule has 0 aliphatic heterocycles. The fraction of sp³-hybridized carbons (Fsp3) is 0.600. The van der Waals surface area contributed by atoms with Crippen LogP contribution >= 0.6 is 0 Å². The minimum atomic E-state index is -0.860. The van der Waals surface area contributed by atoms with Crippen molar-refractivity contribution in [2.75, 3.05) is 13.7 Å². The molecule has 0 aliphatic carbocycles. The van der Waals surface area contributed by atoms with Gasteiger partial charge < -0.3 is 51.8 Å². The smallest absolute Gasteiger partial charge is 1.00 e. The number of carbonyl (C=O) groups is 1. The SMILES string of the molecule is CCOC([O-])=C=CC(C)(C)C(=O)OC.[Cl-].[Cl-].[Cl-].[Ti+4]. The molecule has 0 atom stereocenters. The van der Waals surface area contributed by atoms with Crippen molar-refractivity contribution in [1.82, 2.24) is 0 Å². The second kappa shape index (κ2) is 15.2. The van der Waals surface area contributed by atoms with Gasteiger partial charge in [0, 0.05) is 0 Å². The Bertz CT molecular complexity index is 276. The molecule has 0 unspecified atom stereocenters. The number of rotatable bonds is 4. The maximum atomic E-state index is 11.2. The fourth-order valence-corrected chi connectivity index (χ4v) is 0.734. The largest absolute Gasteiger partial charge is 4.00 e. The normalized spacial score (nSPS) is 7.78. The van der Waals surface area contributed by atoms with E-state index in [1.165, 1.54) is 13.2 Å². The van der Waals surface area contributed by atoms with Gasteiger partial charge in [0.25, 0.3) is 0 Å². The van der Waals surface area contributed by atoms with E-state index in [0.717, 1.165) is 0 Å². The van der Waals surface area contributed by atoms with Crippen LogP contribution in [-0.4, -0.2) is 19.7 Å².